The van der Waals surface area contributed by atoms with Gasteiger partial charge in [-0.05, 0) is 32.4 Å². The second kappa shape index (κ2) is 13.1. The van der Waals surface area contributed by atoms with E-state index in [4.69, 9.17) is 0 Å². The second-order valence-electron chi connectivity index (χ2n) is 8.25. The maximum Gasteiger partial charge on any atom is 0.491 e. The SMILES string of the molecule is CCCCCCCN(CCc1csc(SC(C)(C)C(=O)OC(=O)C(F)(F)F)n1)c1cccnc1. The number of rotatable bonds is 13. The summed E-state index contributed by atoms with van der Waals surface area (Å²) in [5.74, 6) is -3.78. The van der Waals surface area contributed by atoms with Gasteiger partial charge in [-0.25, -0.2) is 9.78 Å². The molecule has 0 fully saturated rings. The minimum Gasteiger partial charge on any atom is -0.385 e. The quantitative estimate of drug-likeness (QED) is 0.138. The Hall–Kier alpha value is -2.14. The van der Waals surface area contributed by atoms with Crippen molar-refractivity contribution in [1.29, 1.82) is 0 Å². The van der Waals surface area contributed by atoms with Gasteiger partial charge in [0.2, 0.25) is 0 Å². The largest absolute Gasteiger partial charge is 0.491 e. The number of anilines is 1. The van der Waals surface area contributed by atoms with Crippen LogP contribution in [0, 0.1) is 0 Å². The first-order valence-corrected chi connectivity index (χ1v) is 12.8. The van der Waals surface area contributed by atoms with Gasteiger partial charge < -0.3 is 9.64 Å². The molecule has 0 atom stereocenters. The number of carbonyl (C=O) groups excluding carboxylic acids is 2. The summed E-state index contributed by atoms with van der Waals surface area (Å²) in [6, 6.07) is 3.93. The molecule has 0 bridgehead atoms. The molecule has 2 aromatic heterocycles. The summed E-state index contributed by atoms with van der Waals surface area (Å²) in [5.41, 5.74) is 1.86. The number of alkyl halides is 3. The van der Waals surface area contributed by atoms with Gasteiger partial charge in [-0.1, -0.05) is 44.4 Å². The molecule has 0 radical (unpaired) electrons. The fourth-order valence-electron chi connectivity index (χ4n) is 3.04. The Balaban J connectivity index is 1.94. The van der Waals surface area contributed by atoms with Crippen molar-refractivity contribution in [1.82, 2.24) is 9.97 Å². The maximum absolute atomic E-state index is 12.4. The normalized spacial score (nSPS) is 11.9. The summed E-state index contributed by atoms with van der Waals surface area (Å²) < 4.78 is 40.2. The fraction of sp³-hybridized carbons (Fsp3) is 0.565. The molecule has 0 aliphatic carbocycles. The first-order chi connectivity index (χ1) is 16.0. The summed E-state index contributed by atoms with van der Waals surface area (Å²) in [6.45, 7) is 6.63. The molecule has 0 aromatic carbocycles. The molecule has 0 spiro atoms. The van der Waals surface area contributed by atoms with E-state index in [0.29, 0.717) is 10.8 Å². The number of unbranched alkanes of at least 4 members (excludes halogenated alkanes) is 4. The van der Waals surface area contributed by atoms with Gasteiger partial charge in [-0.2, -0.15) is 13.2 Å². The van der Waals surface area contributed by atoms with E-state index in [9.17, 15) is 22.8 Å². The summed E-state index contributed by atoms with van der Waals surface area (Å²) >= 11 is 2.27. The molecular weight excluding hydrogens is 487 g/mol. The predicted octanol–water partition coefficient (Wildman–Crippen LogP) is 6.06. The zero-order chi connectivity index (χ0) is 25.2. The number of nitrogens with zero attached hydrogens (tertiary/aromatic N) is 3. The molecule has 0 amide bonds. The molecule has 0 saturated heterocycles. The lowest BCUT2D eigenvalue weighted by Gasteiger charge is -2.24. The van der Waals surface area contributed by atoms with Crippen molar-refractivity contribution in [3.63, 3.8) is 0 Å². The molecule has 6 nitrogen and oxygen atoms in total. The van der Waals surface area contributed by atoms with Crippen molar-refractivity contribution >= 4 is 40.7 Å². The zero-order valence-corrected chi connectivity index (χ0v) is 21.2. The molecule has 0 aliphatic heterocycles. The first kappa shape index (κ1) is 28.1. The number of thioether (sulfide) groups is 1. The van der Waals surface area contributed by atoms with Crippen LogP contribution in [0.15, 0.2) is 34.2 Å². The fourth-order valence-corrected chi connectivity index (χ4v) is 5.31. The minimum absolute atomic E-state index is 0.518. The van der Waals surface area contributed by atoms with Crippen molar-refractivity contribution in [2.24, 2.45) is 0 Å². The summed E-state index contributed by atoms with van der Waals surface area (Å²) in [7, 11) is 0. The van der Waals surface area contributed by atoms with E-state index in [-0.39, 0.29) is 0 Å². The molecular formula is C23H30F3N3O3S2. The predicted molar refractivity (Wildman–Crippen MR) is 128 cm³/mol. The Morgan fingerprint density at radius 2 is 1.85 bits per heavy atom. The number of ether oxygens (including phenoxy) is 1. The van der Waals surface area contributed by atoms with Gasteiger partial charge in [0.25, 0.3) is 0 Å². The van der Waals surface area contributed by atoms with Gasteiger partial charge in [0.1, 0.15) is 4.75 Å². The lowest BCUT2D eigenvalue weighted by atomic mass is 10.1. The van der Waals surface area contributed by atoms with Crippen LogP contribution in [0.1, 0.15) is 58.6 Å². The molecule has 0 N–H and O–H groups in total. The van der Waals surface area contributed by atoms with E-state index in [0.717, 1.165) is 42.7 Å². The van der Waals surface area contributed by atoms with Crippen molar-refractivity contribution in [2.75, 3.05) is 18.0 Å². The van der Waals surface area contributed by atoms with Crippen LogP contribution in [0.4, 0.5) is 18.9 Å². The minimum atomic E-state index is -5.22. The third-order valence-electron chi connectivity index (χ3n) is 4.96. The lowest BCUT2D eigenvalue weighted by molar-refractivity contribution is -0.202. The van der Waals surface area contributed by atoms with Crippen molar-refractivity contribution in [3.05, 3.63) is 35.6 Å². The number of carbonyl (C=O) groups is 2. The number of pyridine rings is 1. The van der Waals surface area contributed by atoms with Crippen molar-refractivity contribution in [3.8, 4) is 0 Å². The Kier molecular flexibility index (Phi) is 10.8. The highest BCUT2D eigenvalue weighted by molar-refractivity contribution is 8.03. The Morgan fingerprint density at radius 1 is 1.12 bits per heavy atom. The standard InChI is InChI=1S/C23H30F3N3O3S2/c1-4-5-6-7-8-13-29(18-10-9-12-27-15-18)14-11-17-16-33-21(28-17)34-22(2,3)19(30)32-20(31)23(24,25)26/h9-10,12,15-16H,4-8,11,13-14H2,1-3H3. The highest BCUT2D eigenvalue weighted by Gasteiger charge is 2.45. The number of thiazole rings is 1. The first-order valence-electron chi connectivity index (χ1n) is 11.1. The lowest BCUT2D eigenvalue weighted by Crippen LogP contribution is -2.36. The van der Waals surface area contributed by atoms with Gasteiger partial charge in [-0.3, -0.25) is 9.78 Å². The van der Waals surface area contributed by atoms with E-state index in [1.54, 1.807) is 6.20 Å². The molecule has 0 unspecified atom stereocenters. The smallest absolute Gasteiger partial charge is 0.385 e. The number of hydrogen-bond donors (Lipinski definition) is 0. The van der Waals surface area contributed by atoms with Crippen LogP contribution in [0.5, 0.6) is 0 Å². The molecule has 188 valence electrons. The molecule has 34 heavy (non-hydrogen) atoms. The third-order valence-corrected chi connectivity index (χ3v) is 7.13. The summed E-state index contributed by atoms with van der Waals surface area (Å²) in [5, 5.41) is 1.87. The maximum atomic E-state index is 12.4. The van der Waals surface area contributed by atoms with Gasteiger partial charge in [0.15, 0.2) is 4.34 Å². The summed E-state index contributed by atoms with van der Waals surface area (Å²) in [4.78, 5) is 34.1. The van der Waals surface area contributed by atoms with E-state index < -0.39 is 22.9 Å². The number of halogens is 3. The Bertz CT molecular complexity index is 921. The third kappa shape index (κ3) is 9.25. The van der Waals surface area contributed by atoms with Crippen molar-refractivity contribution in [2.45, 2.75) is 74.6 Å². The van der Waals surface area contributed by atoms with Gasteiger partial charge in [-0.15, -0.1) is 11.3 Å². The van der Waals surface area contributed by atoms with Crippen LogP contribution in [-0.2, 0) is 20.7 Å². The molecule has 0 saturated carbocycles. The Labute approximate surface area is 206 Å². The van der Waals surface area contributed by atoms with Crippen molar-refractivity contribution < 1.29 is 27.5 Å². The molecule has 0 aliphatic rings. The Morgan fingerprint density at radius 3 is 2.50 bits per heavy atom. The highest BCUT2D eigenvalue weighted by atomic mass is 32.2. The van der Waals surface area contributed by atoms with E-state index >= 15 is 0 Å². The monoisotopic (exact) mass is 517 g/mol. The molecule has 2 aromatic rings. The topological polar surface area (TPSA) is 72.4 Å². The molecule has 11 heteroatoms. The second-order valence-corrected chi connectivity index (χ2v) is 11.0. The average Bonchev–Trinajstić information content (AvgIpc) is 3.22. The van der Waals surface area contributed by atoms with Crippen LogP contribution in [-0.4, -0.2) is 45.9 Å². The number of aromatic nitrogens is 2. The van der Waals surface area contributed by atoms with Crippen LogP contribution in [0.3, 0.4) is 0 Å². The zero-order valence-electron chi connectivity index (χ0n) is 19.6. The average molecular weight is 518 g/mol. The molecule has 2 heterocycles. The van der Waals surface area contributed by atoms with Crippen LogP contribution < -0.4 is 4.90 Å². The number of esters is 2. The van der Waals surface area contributed by atoms with E-state index in [1.165, 1.54) is 50.9 Å². The highest BCUT2D eigenvalue weighted by Crippen LogP contribution is 2.36. The van der Waals surface area contributed by atoms with Gasteiger partial charge >= 0.3 is 18.1 Å². The van der Waals surface area contributed by atoms with Crippen LogP contribution in [0.2, 0.25) is 0 Å². The van der Waals surface area contributed by atoms with Crippen LogP contribution >= 0.6 is 23.1 Å². The van der Waals surface area contributed by atoms with E-state index in [2.05, 4.69) is 26.5 Å². The van der Waals surface area contributed by atoms with Gasteiger partial charge in [0, 0.05) is 31.1 Å². The van der Waals surface area contributed by atoms with E-state index in [1.807, 2.05) is 23.7 Å². The van der Waals surface area contributed by atoms with Gasteiger partial charge in [0.05, 0.1) is 17.6 Å². The summed E-state index contributed by atoms with van der Waals surface area (Å²) in [6.07, 6.45) is 4.93. The van der Waals surface area contributed by atoms with Crippen LogP contribution in [0.25, 0.3) is 0 Å². The molecule has 2 rings (SSSR count). The number of hydrogen-bond acceptors (Lipinski definition) is 8.